The predicted molar refractivity (Wildman–Crippen MR) is 459 cm³/mol. The number of carbonyl (C=O) groups excluding carboxylic acids is 2. The van der Waals surface area contributed by atoms with E-state index < -0.39 is 24.4 Å². The van der Waals surface area contributed by atoms with Crippen molar-refractivity contribution in [2.45, 2.75) is 45.4 Å². The van der Waals surface area contributed by atoms with Crippen LogP contribution in [0.2, 0.25) is 5.28 Å². The monoisotopic (exact) mass is 1780 g/mol. The van der Waals surface area contributed by atoms with Crippen LogP contribution in [0.25, 0.3) is 33.6 Å². The van der Waals surface area contributed by atoms with E-state index in [0.717, 1.165) is 76.5 Å². The van der Waals surface area contributed by atoms with Gasteiger partial charge in [-0.3, -0.25) is 23.5 Å². The van der Waals surface area contributed by atoms with Gasteiger partial charge in [-0.15, -0.1) is 0 Å². The van der Waals surface area contributed by atoms with E-state index in [1.807, 2.05) is 116 Å². The second kappa shape index (κ2) is 39.8. The van der Waals surface area contributed by atoms with E-state index >= 15 is 0 Å². The number of methoxy groups -OCH3 is 4. The zero-order chi connectivity index (χ0) is 83.6. The maximum Gasteiger partial charge on any atom is 0.294 e. The summed E-state index contributed by atoms with van der Waals surface area (Å²) in [6, 6.07) is 25.0. The van der Waals surface area contributed by atoms with E-state index in [0.29, 0.717) is 129 Å². The van der Waals surface area contributed by atoms with E-state index in [9.17, 15) is 27.1 Å². The lowest BCUT2D eigenvalue weighted by atomic mass is 10.0. The topological polar surface area (TPSA) is 378 Å². The first kappa shape index (κ1) is 88.6. The Hall–Kier alpha value is -10.4. The molecule has 0 saturated carbocycles. The molecule has 38 heteroatoms. The molecule has 2 aliphatic heterocycles. The van der Waals surface area contributed by atoms with Crippen molar-refractivity contribution in [3.05, 3.63) is 167 Å². The van der Waals surface area contributed by atoms with Crippen molar-refractivity contribution >= 4 is 142 Å². The number of unbranched alkanes of at least 4 members (excludes halogenated alkanes) is 1. The lowest BCUT2D eigenvalue weighted by molar-refractivity contribution is -0.129. The summed E-state index contributed by atoms with van der Waals surface area (Å²) >= 11 is 12.8. The second-order valence-corrected chi connectivity index (χ2v) is 37.0. The Morgan fingerprint density at radius 2 is 1.03 bits per heavy atom. The van der Waals surface area contributed by atoms with Gasteiger partial charge in [0.1, 0.15) is 37.4 Å². The van der Waals surface area contributed by atoms with Gasteiger partial charge in [-0.2, -0.15) is 38.8 Å². The standard InChI is InChI=1S/C33H38BrN10O4P.C17H23N5O2.C16H16BrClN5O2P.C7H8O3S.C4H10O/c1-21(45)42-9-11-43(12-10-42)29-15-30(48-4)28(14-25(29)22-16-36-41(2)19-22)39-33-35-18-26(34)32(40-33)38-27-8-7-23(13-31(27)49(5,6)46)44-20-24(47-3)17-37-44;1-12(23)21-4-6-22(7-5-21)16-9-17(24-3)15(18)8-14(16)13-10-19-20(2)11-13;1-25-11-7-20-23(9-11)10-4-5-13(14(6-10)26(2,3)24)21-15-12(17)8-19-16(18)22-15;1-6-2-4-7(5-3-6)11(8,9)10;1-2-3-4-5/h7-8,13-20H,9-12H2,1-6H3,(H2,35,38,39,40);8-11H,4-7,18H2,1-3H3;4-9H,1-3H3,(H,19,21,22);2-5H,1H3,(H,8,9,10);5H,2-4H2,1H3. The largest absolute Gasteiger partial charge is 0.495 e. The Balaban J connectivity index is 0.000000192. The van der Waals surface area contributed by atoms with E-state index in [2.05, 4.69) is 99.9 Å². The minimum absolute atomic E-state index is 0.0666. The average molecular weight is 1780 g/mol. The fourth-order valence-corrected chi connectivity index (χ4v) is 15.5. The van der Waals surface area contributed by atoms with Crippen LogP contribution in [0.3, 0.4) is 0 Å². The molecule has 13 rings (SSSR count). The summed E-state index contributed by atoms with van der Waals surface area (Å²) in [5, 5.41) is 36.7. The summed E-state index contributed by atoms with van der Waals surface area (Å²) in [6.07, 6.45) is 19.6. The number of anilines is 9. The van der Waals surface area contributed by atoms with E-state index in [1.165, 1.54) is 12.1 Å². The van der Waals surface area contributed by atoms with Crippen LogP contribution >= 0.6 is 57.7 Å². The van der Waals surface area contributed by atoms with Crippen LogP contribution in [0, 0.1) is 6.92 Å². The van der Waals surface area contributed by atoms with Gasteiger partial charge in [-0.25, -0.2) is 19.3 Å². The highest BCUT2D eigenvalue weighted by Gasteiger charge is 2.28. The molecule has 0 aliphatic carbocycles. The fourth-order valence-electron chi connectivity index (χ4n) is 12.0. The summed E-state index contributed by atoms with van der Waals surface area (Å²) in [4.78, 5) is 49.1. The molecule has 115 heavy (non-hydrogen) atoms. The Kier molecular flexibility index (Phi) is 30.6. The number of piperazine rings is 2. The molecule has 0 radical (unpaired) electrons. The quantitative estimate of drug-likeness (QED) is 0.0168. The SMILES string of the molecule is CCCCO.COc1cc(N2CCN(C(C)=O)CC2)c(-c2cnn(C)c2)cc1N.COc1cnn(-c2ccc(Nc3nc(Cl)ncc3Br)c(P(C)(C)=O)c2)c1.COc1cnn(-c2ccc(Nc3nc(Nc4cc(-c5cnn(C)c5)c(N5CCN(C(C)=O)CC5)cc4OC)ncc3Br)c(P(C)(C)=O)c2)c1.Cc1ccc(S(=O)(=O)O)cc1. The van der Waals surface area contributed by atoms with Gasteiger partial charge in [0.25, 0.3) is 10.1 Å². The number of hydrogen-bond donors (Lipinski definition) is 6. The Bertz CT molecular complexity index is 5410. The predicted octanol–water partition coefficient (Wildman–Crippen LogP) is 12.7. The van der Waals surface area contributed by atoms with Gasteiger partial charge in [0, 0.05) is 168 Å². The highest BCUT2D eigenvalue weighted by Crippen LogP contribution is 2.45. The van der Waals surface area contributed by atoms with Crippen LogP contribution in [0.15, 0.2) is 161 Å². The number of amides is 2. The van der Waals surface area contributed by atoms with Crippen LogP contribution < -0.4 is 61.0 Å². The number of halogens is 3. The minimum atomic E-state index is -4.02. The molecule has 612 valence electrons. The summed E-state index contributed by atoms with van der Waals surface area (Å²) < 4.78 is 85.7. The van der Waals surface area contributed by atoms with Gasteiger partial charge < -0.3 is 74.5 Å². The number of hydrogen-bond acceptors (Lipinski definition) is 25. The number of nitrogens with one attached hydrogen (secondary N) is 3. The number of nitrogens with two attached hydrogens (primary N) is 1. The molecule has 2 fully saturated rings. The fraction of sp³-hybridized carbons (Fsp3) is 0.325. The van der Waals surface area contributed by atoms with Crippen molar-refractivity contribution in [2.24, 2.45) is 14.1 Å². The van der Waals surface area contributed by atoms with Crippen molar-refractivity contribution in [3.8, 4) is 56.6 Å². The smallest absolute Gasteiger partial charge is 0.294 e. The van der Waals surface area contributed by atoms with Crippen molar-refractivity contribution in [1.29, 1.82) is 0 Å². The number of aromatic nitrogens is 12. The molecule has 2 saturated heterocycles. The van der Waals surface area contributed by atoms with Crippen LogP contribution in [0.1, 0.15) is 39.2 Å². The van der Waals surface area contributed by atoms with Gasteiger partial charge in [0.15, 0.2) is 11.5 Å². The summed E-state index contributed by atoms with van der Waals surface area (Å²) in [7, 11) is 0.813. The van der Waals surface area contributed by atoms with Crippen LogP contribution in [-0.4, -0.2) is 213 Å². The normalized spacial score (nSPS) is 12.8. The van der Waals surface area contributed by atoms with Gasteiger partial charge in [-0.1, -0.05) is 31.0 Å². The Labute approximate surface area is 690 Å². The molecule has 7 N–H and O–H groups in total. The summed E-state index contributed by atoms with van der Waals surface area (Å²) in [6.45, 7) is 20.0. The molecule has 0 bridgehead atoms. The Morgan fingerprint density at radius 1 is 0.574 bits per heavy atom. The van der Waals surface area contributed by atoms with Crippen LogP contribution in [-0.2, 0) is 42.9 Å². The van der Waals surface area contributed by atoms with Crippen molar-refractivity contribution < 1.29 is 55.7 Å². The number of carbonyl (C=O) groups is 2. The third-order valence-corrected chi connectivity index (χ3v) is 23.4. The number of aliphatic hydroxyl groups excluding tert-OH is 1. The molecule has 0 atom stereocenters. The minimum Gasteiger partial charge on any atom is -0.495 e. The molecule has 2 aliphatic rings. The van der Waals surface area contributed by atoms with Gasteiger partial charge in [-0.05, 0) is 144 Å². The zero-order valence-corrected chi connectivity index (χ0v) is 72.8. The first-order chi connectivity index (χ1) is 54.6. The molecular formula is C77H95Br2ClN20O12P2S. The third-order valence-electron chi connectivity index (χ3n) is 18.1. The molecule has 6 aromatic heterocycles. The average Bonchev–Trinajstić information content (AvgIpc) is 1.78. The number of aryl methyl sites for hydroxylation is 3. The van der Waals surface area contributed by atoms with Gasteiger partial charge in [0.05, 0.1) is 114 Å². The number of aliphatic hydroxyl groups is 1. The summed E-state index contributed by atoms with van der Waals surface area (Å²) in [5.41, 5.74) is 17.1. The van der Waals surface area contributed by atoms with E-state index in [4.69, 9.17) is 50.9 Å². The molecular weight excluding hydrogens is 1690 g/mol. The van der Waals surface area contributed by atoms with Crippen molar-refractivity contribution in [2.75, 3.05) is 146 Å². The number of nitrogens with zero attached hydrogens (tertiary/aromatic N) is 16. The number of rotatable bonds is 21. The van der Waals surface area contributed by atoms with Crippen LogP contribution in [0.4, 0.5) is 51.7 Å². The van der Waals surface area contributed by atoms with Crippen LogP contribution in [0.5, 0.6) is 23.0 Å². The maximum atomic E-state index is 13.5. The highest BCUT2D eigenvalue weighted by atomic mass is 79.9. The molecule has 8 heterocycles. The zero-order valence-electron chi connectivity index (χ0n) is 66.3. The maximum absolute atomic E-state index is 13.5. The molecule has 32 nitrogen and oxygen atoms in total. The van der Waals surface area contributed by atoms with Gasteiger partial charge in [0.2, 0.25) is 23.0 Å². The first-order valence-electron chi connectivity index (χ1n) is 36.0. The van der Waals surface area contributed by atoms with E-state index in [-0.39, 0.29) is 22.0 Å². The highest BCUT2D eigenvalue weighted by molar-refractivity contribution is 9.11. The van der Waals surface area contributed by atoms with Crippen molar-refractivity contribution in [1.82, 2.24) is 68.9 Å². The number of benzene rings is 5. The lowest BCUT2D eigenvalue weighted by Crippen LogP contribution is -2.48. The number of ether oxygens (including phenoxy) is 4. The molecule has 5 aromatic carbocycles. The third kappa shape index (κ3) is 23.9. The first-order valence-corrected chi connectivity index (χ1v) is 44.6. The molecule has 0 spiro atoms. The Morgan fingerprint density at radius 3 is 1.42 bits per heavy atom. The van der Waals surface area contributed by atoms with Crippen molar-refractivity contribution in [3.63, 3.8) is 0 Å². The summed E-state index contributed by atoms with van der Waals surface area (Å²) in [5.74, 6) is 4.02. The van der Waals surface area contributed by atoms with E-state index in [1.54, 1.807) is 137 Å². The second-order valence-electron chi connectivity index (χ2n) is 27.2. The molecule has 0 unspecified atom stereocenters. The molecule has 11 aromatic rings. The van der Waals surface area contributed by atoms with Gasteiger partial charge >= 0.3 is 0 Å². The lowest BCUT2D eigenvalue weighted by Gasteiger charge is -2.36. The number of nitrogen functional groups attached to an aromatic ring is 1. The molecule has 2 amide bonds.